The lowest BCUT2D eigenvalue weighted by atomic mass is 10.0. The van der Waals surface area contributed by atoms with E-state index in [-0.39, 0.29) is 0 Å². The molecule has 4 nitrogen and oxygen atoms in total. The van der Waals surface area contributed by atoms with E-state index in [1.54, 1.807) is 0 Å². The minimum atomic E-state index is 0.654. The largest absolute Gasteiger partial charge is 0.319 e. The van der Waals surface area contributed by atoms with E-state index in [0.29, 0.717) is 11.3 Å². The van der Waals surface area contributed by atoms with Crippen LogP contribution in [0.1, 0.15) is 5.56 Å². The first-order chi connectivity index (χ1) is 27.7. The third-order valence-electron chi connectivity index (χ3n) is 11.4. The van der Waals surface area contributed by atoms with Gasteiger partial charge in [-0.05, 0) is 95.4 Å². The predicted octanol–water partition coefficient (Wildman–Crippen LogP) is 14.7. The van der Waals surface area contributed by atoms with Gasteiger partial charge in [-0.1, -0.05) is 78.9 Å². The van der Waals surface area contributed by atoms with Crippen molar-refractivity contribution in [1.29, 1.82) is 5.26 Å². The van der Waals surface area contributed by atoms with Crippen molar-refractivity contribution in [2.75, 3.05) is 0 Å². The van der Waals surface area contributed by atoms with Gasteiger partial charge in [0.15, 0.2) is 0 Å². The molecule has 12 aromatic rings. The van der Waals surface area contributed by atoms with Crippen LogP contribution in [0.5, 0.6) is 0 Å². The molecule has 56 heavy (non-hydrogen) atoms. The summed E-state index contributed by atoms with van der Waals surface area (Å²) in [5.74, 6) is 0. The van der Waals surface area contributed by atoms with Crippen molar-refractivity contribution in [3.05, 3.63) is 175 Å². The molecule has 0 aliphatic heterocycles. The second-order valence-corrected chi connectivity index (χ2v) is 16.5. The molecule has 0 atom stereocenters. The first kappa shape index (κ1) is 31.2. The van der Waals surface area contributed by atoms with Crippen molar-refractivity contribution in [2.24, 2.45) is 0 Å². The summed E-state index contributed by atoms with van der Waals surface area (Å²) in [6, 6.07) is 58.5. The van der Waals surface area contributed by atoms with Gasteiger partial charge < -0.3 is 9.13 Å². The van der Waals surface area contributed by atoms with Gasteiger partial charge in [0.05, 0.1) is 34.2 Å². The zero-order chi connectivity index (χ0) is 37.1. The molecule has 6 heteroatoms. The van der Waals surface area contributed by atoms with Gasteiger partial charge in [0.1, 0.15) is 6.07 Å². The molecule has 0 saturated carbocycles. The number of hydrogen-bond donors (Lipinski definition) is 0. The van der Waals surface area contributed by atoms with Gasteiger partial charge in [-0.3, -0.25) is 0 Å². The number of aromatic nitrogens is 2. The molecule has 0 aliphatic rings. The van der Waals surface area contributed by atoms with Crippen molar-refractivity contribution in [3.8, 4) is 28.6 Å². The van der Waals surface area contributed by atoms with Crippen LogP contribution >= 0.6 is 22.7 Å². The number of thiophene rings is 2. The summed E-state index contributed by atoms with van der Waals surface area (Å²) in [5.41, 5.74) is 9.86. The Morgan fingerprint density at radius 2 is 0.911 bits per heavy atom. The van der Waals surface area contributed by atoms with E-state index in [4.69, 9.17) is 6.57 Å². The molecule has 0 spiro atoms. The molecule has 0 N–H and O–H groups in total. The lowest BCUT2D eigenvalue weighted by Crippen LogP contribution is -1.95. The van der Waals surface area contributed by atoms with Crippen LogP contribution in [0.15, 0.2) is 158 Å². The average Bonchev–Trinajstić information content (AvgIpc) is 4.00. The molecule has 0 radical (unpaired) electrons. The van der Waals surface area contributed by atoms with Gasteiger partial charge in [-0.2, -0.15) is 5.26 Å². The summed E-state index contributed by atoms with van der Waals surface area (Å²) in [6.07, 6.45) is 0. The smallest absolute Gasteiger partial charge is 0.211 e. The van der Waals surface area contributed by atoms with Crippen molar-refractivity contribution in [1.82, 2.24) is 9.13 Å². The van der Waals surface area contributed by atoms with Gasteiger partial charge in [0.25, 0.3) is 0 Å². The van der Waals surface area contributed by atoms with Gasteiger partial charge >= 0.3 is 0 Å². The highest BCUT2D eigenvalue weighted by molar-refractivity contribution is 7.26. The molecule has 8 aromatic carbocycles. The van der Waals surface area contributed by atoms with Crippen LogP contribution < -0.4 is 0 Å². The lowest BCUT2D eigenvalue weighted by Gasteiger charge is -2.10. The Morgan fingerprint density at radius 3 is 1.46 bits per heavy atom. The normalized spacial score (nSPS) is 11.9. The Balaban J connectivity index is 1.02. The molecule has 12 rings (SSSR count). The van der Waals surface area contributed by atoms with E-state index in [9.17, 15) is 5.26 Å². The van der Waals surface area contributed by atoms with E-state index < -0.39 is 0 Å². The summed E-state index contributed by atoms with van der Waals surface area (Å²) in [7, 11) is 0. The van der Waals surface area contributed by atoms with Crippen molar-refractivity contribution in [3.63, 3.8) is 0 Å². The molecule has 0 unspecified atom stereocenters. The average molecular weight is 747 g/mol. The van der Waals surface area contributed by atoms with E-state index >= 15 is 0 Å². The van der Waals surface area contributed by atoms with Crippen LogP contribution in [-0.4, -0.2) is 9.13 Å². The fourth-order valence-electron chi connectivity index (χ4n) is 8.90. The Bertz CT molecular complexity index is 3500. The Labute approximate surface area is 328 Å². The highest BCUT2D eigenvalue weighted by Gasteiger charge is 2.19. The Hall–Kier alpha value is -7.22. The summed E-state index contributed by atoms with van der Waals surface area (Å²) in [6.45, 7) is 7.98. The second kappa shape index (κ2) is 11.6. The molecule has 4 heterocycles. The van der Waals surface area contributed by atoms with Crippen LogP contribution in [0, 0.1) is 17.9 Å². The molecule has 4 aromatic heterocycles. The number of para-hydroxylation sites is 4. The summed E-state index contributed by atoms with van der Waals surface area (Å²) >= 11 is 3.63. The van der Waals surface area contributed by atoms with Crippen LogP contribution in [0.4, 0.5) is 5.69 Å². The van der Waals surface area contributed by atoms with Crippen molar-refractivity contribution in [2.45, 2.75) is 0 Å². The number of fused-ring (bicyclic) bond motifs is 12. The maximum Gasteiger partial charge on any atom is 0.211 e. The second-order valence-electron chi connectivity index (χ2n) is 14.3. The lowest BCUT2D eigenvalue weighted by molar-refractivity contribution is 1.18. The summed E-state index contributed by atoms with van der Waals surface area (Å²) in [4.78, 5) is 3.93. The highest BCUT2D eigenvalue weighted by atomic mass is 32.1. The van der Waals surface area contributed by atoms with E-state index in [0.717, 1.165) is 55.0 Å². The fraction of sp³-hybridized carbons (Fsp3) is 0. The van der Waals surface area contributed by atoms with Crippen LogP contribution in [0.25, 0.3) is 111 Å². The van der Waals surface area contributed by atoms with E-state index in [1.165, 1.54) is 51.5 Å². The number of hydrogen-bond acceptors (Lipinski definition) is 3. The Morgan fingerprint density at radius 1 is 0.446 bits per heavy atom. The number of nitrogens with zero attached hydrogens (tertiary/aromatic N) is 4. The summed E-state index contributed by atoms with van der Waals surface area (Å²) < 4.78 is 9.48. The molecule has 0 fully saturated rings. The molecule has 0 amide bonds. The molecular formula is C50H26N4S2. The zero-order valence-corrected chi connectivity index (χ0v) is 31.2. The van der Waals surface area contributed by atoms with Crippen molar-refractivity contribution < 1.29 is 0 Å². The predicted molar refractivity (Wildman–Crippen MR) is 237 cm³/mol. The molecule has 0 saturated heterocycles. The quantitative estimate of drug-likeness (QED) is 0.166. The topological polar surface area (TPSA) is 38.0 Å². The van der Waals surface area contributed by atoms with Gasteiger partial charge in [0.2, 0.25) is 5.69 Å². The van der Waals surface area contributed by atoms with Gasteiger partial charge in [0, 0.05) is 67.9 Å². The first-order valence-corrected chi connectivity index (χ1v) is 20.1. The molecule has 0 aliphatic carbocycles. The molecule has 258 valence electrons. The minimum Gasteiger partial charge on any atom is -0.319 e. The number of rotatable bonds is 3. The molecule has 0 bridgehead atoms. The zero-order valence-electron chi connectivity index (χ0n) is 29.6. The SMILES string of the molecule is [C-]#[N+]c1cccc2c3ccccc3n(-c3ccc4sc5ccc(-c6ccc7sc8ccc(-n9c%10ccccc%10c%10cccc(C#N)c%109)cc8c7c6)cc5c4c3)c12. The number of nitriles is 1. The van der Waals surface area contributed by atoms with Crippen LogP contribution in [-0.2, 0) is 0 Å². The van der Waals surface area contributed by atoms with Crippen LogP contribution in [0.3, 0.4) is 0 Å². The van der Waals surface area contributed by atoms with Crippen molar-refractivity contribution >= 4 is 112 Å². The standard InChI is InChI=1S/C50H26N4S2/c1-52-42-13-7-12-37-35-10-3-5-15-44(35)54(50(37)42)33-19-23-48-41(27-33)39-25-30(17-21-46(39)56-48)29-16-20-45-38(24-29)40-26-32(18-22-47(40)55-45)53-43-14-4-2-9-34(43)36-11-6-8-31(28-51)49(36)53/h2-27H. The number of benzene rings is 8. The van der Waals surface area contributed by atoms with Gasteiger partial charge in [-0.25, -0.2) is 4.85 Å². The third kappa shape index (κ3) is 4.31. The minimum absolute atomic E-state index is 0.654. The third-order valence-corrected chi connectivity index (χ3v) is 13.7. The monoisotopic (exact) mass is 746 g/mol. The van der Waals surface area contributed by atoms with Gasteiger partial charge in [-0.15, -0.1) is 22.7 Å². The van der Waals surface area contributed by atoms with E-state index in [1.807, 2.05) is 46.9 Å². The highest BCUT2D eigenvalue weighted by Crippen LogP contribution is 2.43. The fourth-order valence-corrected chi connectivity index (χ4v) is 11.0. The Kier molecular flexibility index (Phi) is 6.48. The first-order valence-electron chi connectivity index (χ1n) is 18.4. The summed E-state index contributed by atoms with van der Waals surface area (Å²) in [5, 5.41) is 19.5. The van der Waals surface area contributed by atoms with E-state index in [2.05, 4.69) is 154 Å². The van der Waals surface area contributed by atoms with Crippen LogP contribution in [0.2, 0.25) is 0 Å². The molecular weight excluding hydrogens is 721 g/mol. The maximum atomic E-state index is 10.1. The maximum absolute atomic E-state index is 10.1.